The minimum atomic E-state index is -0.350. The standard InChI is InChI=1S/C21H38O/c1-7-18(22)16(3)14-15(2)17-10-8-11-19-20(4,5)12-9-13-21(17,19)6/h7,15-19,22H,1,8-14H2,2-6H3/t15?,16?,17-,18?,19?,21-/m1/s1. The summed E-state index contributed by atoms with van der Waals surface area (Å²) in [6.45, 7) is 16.0. The second-order valence-corrected chi connectivity index (χ2v) is 9.35. The first kappa shape index (κ1) is 18.0. The molecule has 0 aromatic heterocycles. The van der Waals surface area contributed by atoms with Crippen LogP contribution in [0.2, 0.25) is 0 Å². The molecule has 1 heteroatoms. The van der Waals surface area contributed by atoms with Crippen molar-refractivity contribution in [1.82, 2.24) is 0 Å². The lowest BCUT2D eigenvalue weighted by molar-refractivity contribution is -0.0923. The maximum atomic E-state index is 10.0. The Morgan fingerprint density at radius 3 is 2.45 bits per heavy atom. The molecular weight excluding hydrogens is 268 g/mol. The molecular formula is C21H38O. The van der Waals surface area contributed by atoms with E-state index in [1.165, 1.54) is 38.5 Å². The third kappa shape index (κ3) is 3.30. The Morgan fingerprint density at radius 2 is 1.82 bits per heavy atom. The quantitative estimate of drug-likeness (QED) is 0.634. The van der Waals surface area contributed by atoms with Crippen LogP contribution in [0.3, 0.4) is 0 Å². The van der Waals surface area contributed by atoms with Gasteiger partial charge in [-0.1, -0.05) is 53.5 Å². The van der Waals surface area contributed by atoms with Crippen LogP contribution in [0, 0.1) is 34.5 Å². The van der Waals surface area contributed by atoms with E-state index in [0.717, 1.165) is 18.3 Å². The van der Waals surface area contributed by atoms with E-state index in [2.05, 4.69) is 41.2 Å². The summed E-state index contributed by atoms with van der Waals surface area (Å²) >= 11 is 0. The van der Waals surface area contributed by atoms with E-state index < -0.39 is 0 Å². The van der Waals surface area contributed by atoms with Crippen molar-refractivity contribution < 1.29 is 5.11 Å². The molecule has 0 radical (unpaired) electrons. The zero-order chi connectivity index (χ0) is 16.5. The second-order valence-electron chi connectivity index (χ2n) is 9.35. The van der Waals surface area contributed by atoms with Gasteiger partial charge in [0.1, 0.15) is 0 Å². The van der Waals surface area contributed by atoms with Gasteiger partial charge < -0.3 is 5.11 Å². The first-order valence-corrected chi connectivity index (χ1v) is 9.53. The van der Waals surface area contributed by atoms with Crippen molar-refractivity contribution in [2.24, 2.45) is 34.5 Å². The van der Waals surface area contributed by atoms with Gasteiger partial charge in [0, 0.05) is 0 Å². The molecule has 22 heavy (non-hydrogen) atoms. The molecule has 0 saturated heterocycles. The molecule has 0 spiro atoms. The van der Waals surface area contributed by atoms with Crippen LogP contribution in [-0.2, 0) is 0 Å². The van der Waals surface area contributed by atoms with Gasteiger partial charge in [0.15, 0.2) is 0 Å². The van der Waals surface area contributed by atoms with Crippen molar-refractivity contribution in [3.63, 3.8) is 0 Å². The van der Waals surface area contributed by atoms with Gasteiger partial charge >= 0.3 is 0 Å². The van der Waals surface area contributed by atoms with Crippen LogP contribution in [0.1, 0.15) is 79.6 Å². The van der Waals surface area contributed by atoms with Crippen LogP contribution >= 0.6 is 0 Å². The maximum Gasteiger partial charge on any atom is 0.0743 e. The molecule has 2 saturated carbocycles. The maximum absolute atomic E-state index is 10.0. The molecule has 0 aliphatic heterocycles. The summed E-state index contributed by atoms with van der Waals surface area (Å²) in [6, 6.07) is 0. The minimum Gasteiger partial charge on any atom is -0.389 e. The number of hydrogen-bond acceptors (Lipinski definition) is 1. The fourth-order valence-corrected chi connectivity index (χ4v) is 6.26. The predicted molar refractivity (Wildman–Crippen MR) is 95.7 cm³/mol. The van der Waals surface area contributed by atoms with Gasteiger partial charge in [-0.15, -0.1) is 6.58 Å². The molecule has 0 bridgehead atoms. The summed E-state index contributed by atoms with van der Waals surface area (Å²) in [6.07, 6.45) is 10.9. The highest BCUT2D eigenvalue weighted by molar-refractivity contribution is 5.02. The Labute approximate surface area is 138 Å². The number of hydrogen-bond donors (Lipinski definition) is 1. The Hall–Kier alpha value is -0.300. The molecule has 2 rings (SSSR count). The summed E-state index contributed by atoms with van der Waals surface area (Å²) in [7, 11) is 0. The average Bonchev–Trinajstić information content (AvgIpc) is 2.44. The number of aliphatic hydroxyl groups is 1. The highest BCUT2D eigenvalue weighted by Gasteiger charge is 2.52. The smallest absolute Gasteiger partial charge is 0.0743 e. The van der Waals surface area contributed by atoms with Gasteiger partial charge in [-0.3, -0.25) is 0 Å². The third-order valence-corrected chi connectivity index (χ3v) is 7.39. The highest BCUT2D eigenvalue weighted by atomic mass is 16.3. The lowest BCUT2D eigenvalue weighted by Crippen LogP contribution is -2.50. The zero-order valence-corrected chi connectivity index (χ0v) is 15.6. The Kier molecular flexibility index (Phi) is 5.47. The summed E-state index contributed by atoms with van der Waals surface area (Å²) in [4.78, 5) is 0. The van der Waals surface area contributed by atoms with E-state index in [4.69, 9.17) is 0 Å². The van der Waals surface area contributed by atoms with Crippen LogP contribution in [0.5, 0.6) is 0 Å². The van der Waals surface area contributed by atoms with Gasteiger partial charge in [0.05, 0.1) is 6.10 Å². The molecule has 128 valence electrons. The van der Waals surface area contributed by atoms with Crippen molar-refractivity contribution in [3.8, 4) is 0 Å². The second kappa shape index (κ2) is 6.67. The Morgan fingerprint density at radius 1 is 1.14 bits per heavy atom. The van der Waals surface area contributed by atoms with E-state index in [9.17, 15) is 5.11 Å². The summed E-state index contributed by atoms with van der Waals surface area (Å²) in [5, 5.41) is 10.0. The van der Waals surface area contributed by atoms with Crippen LogP contribution in [0.4, 0.5) is 0 Å². The summed E-state index contributed by atoms with van der Waals surface area (Å²) in [5.41, 5.74) is 1.02. The van der Waals surface area contributed by atoms with E-state index >= 15 is 0 Å². The SMILES string of the molecule is C=CC(O)C(C)CC(C)[C@H]1CCCC2C(C)(C)CCC[C@@]21C. The predicted octanol–water partition coefficient (Wildman–Crippen LogP) is 5.83. The largest absolute Gasteiger partial charge is 0.389 e. The fourth-order valence-electron chi connectivity index (χ4n) is 6.26. The van der Waals surface area contributed by atoms with Gasteiger partial charge in [-0.05, 0) is 66.6 Å². The summed E-state index contributed by atoms with van der Waals surface area (Å²) < 4.78 is 0. The lowest BCUT2D eigenvalue weighted by Gasteiger charge is -2.59. The molecule has 4 unspecified atom stereocenters. The molecule has 1 nitrogen and oxygen atoms in total. The molecule has 0 amide bonds. The van der Waals surface area contributed by atoms with Crippen LogP contribution in [0.15, 0.2) is 12.7 Å². The molecule has 1 N–H and O–H groups in total. The van der Waals surface area contributed by atoms with Crippen molar-refractivity contribution in [1.29, 1.82) is 0 Å². The molecule has 0 heterocycles. The molecule has 6 atom stereocenters. The molecule has 0 aromatic carbocycles. The van der Waals surface area contributed by atoms with E-state index in [1.807, 2.05) is 0 Å². The van der Waals surface area contributed by atoms with Crippen molar-refractivity contribution >= 4 is 0 Å². The van der Waals surface area contributed by atoms with Crippen LogP contribution in [0.25, 0.3) is 0 Å². The molecule has 2 aliphatic carbocycles. The van der Waals surface area contributed by atoms with E-state index in [1.54, 1.807) is 6.08 Å². The average molecular weight is 307 g/mol. The topological polar surface area (TPSA) is 20.2 Å². The monoisotopic (exact) mass is 306 g/mol. The number of aliphatic hydroxyl groups excluding tert-OH is 1. The van der Waals surface area contributed by atoms with Crippen molar-refractivity contribution in [2.45, 2.75) is 85.7 Å². The van der Waals surface area contributed by atoms with E-state index in [0.29, 0.717) is 22.7 Å². The van der Waals surface area contributed by atoms with Crippen molar-refractivity contribution in [3.05, 3.63) is 12.7 Å². The summed E-state index contributed by atoms with van der Waals surface area (Å²) in [5.74, 6) is 2.74. The fraction of sp³-hybridized carbons (Fsp3) is 0.905. The van der Waals surface area contributed by atoms with E-state index in [-0.39, 0.29) is 6.10 Å². The third-order valence-electron chi connectivity index (χ3n) is 7.39. The minimum absolute atomic E-state index is 0.327. The molecule has 2 aliphatic rings. The highest BCUT2D eigenvalue weighted by Crippen LogP contribution is 2.61. The van der Waals surface area contributed by atoms with Gasteiger partial charge in [-0.2, -0.15) is 0 Å². The first-order chi connectivity index (χ1) is 10.2. The Bertz CT molecular complexity index is 385. The van der Waals surface area contributed by atoms with Crippen LogP contribution in [-0.4, -0.2) is 11.2 Å². The van der Waals surface area contributed by atoms with Gasteiger partial charge in [-0.25, -0.2) is 0 Å². The number of rotatable bonds is 5. The number of fused-ring (bicyclic) bond motifs is 1. The van der Waals surface area contributed by atoms with Gasteiger partial charge in [0.25, 0.3) is 0 Å². The van der Waals surface area contributed by atoms with Crippen LogP contribution < -0.4 is 0 Å². The van der Waals surface area contributed by atoms with Crippen molar-refractivity contribution in [2.75, 3.05) is 0 Å². The molecule has 0 aromatic rings. The lowest BCUT2D eigenvalue weighted by atomic mass is 9.46. The zero-order valence-electron chi connectivity index (χ0n) is 15.6. The normalized spacial score (nSPS) is 38.6. The Balaban J connectivity index is 2.14. The molecule has 2 fully saturated rings. The van der Waals surface area contributed by atoms with Gasteiger partial charge in [0.2, 0.25) is 0 Å². The first-order valence-electron chi connectivity index (χ1n) is 9.53.